The van der Waals surface area contributed by atoms with Crippen molar-refractivity contribution in [3.8, 4) is 0 Å². The number of anilines is 1. The minimum Gasteiger partial charge on any atom is -0.355 e. The maximum atomic E-state index is 13.6. The zero-order chi connectivity index (χ0) is 13.8. The van der Waals surface area contributed by atoms with Crippen molar-refractivity contribution < 1.29 is 4.39 Å². The van der Waals surface area contributed by atoms with Gasteiger partial charge in [0.1, 0.15) is 11.6 Å². The highest BCUT2D eigenvalue weighted by Gasteiger charge is 2.07. The van der Waals surface area contributed by atoms with E-state index in [9.17, 15) is 4.39 Å². The Morgan fingerprint density at radius 2 is 2.00 bits per heavy atom. The van der Waals surface area contributed by atoms with Crippen molar-refractivity contribution in [2.45, 2.75) is 19.5 Å². The van der Waals surface area contributed by atoms with E-state index in [2.05, 4.69) is 4.98 Å². The van der Waals surface area contributed by atoms with Gasteiger partial charge in [-0.3, -0.25) is 0 Å². The standard InChI is InChI=1S/C15H18FN3/c1-11(17)12-7-8-15(18-9-12)19(2)10-13-5-3-4-6-14(13)16/h3-9,11H,10,17H2,1-2H3/t11-/m1/s1. The van der Waals surface area contributed by atoms with Crippen LogP contribution in [0.2, 0.25) is 0 Å². The smallest absolute Gasteiger partial charge is 0.128 e. The molecule has 2 rings (SSSR count). The van der Waals surface area contributed by atoms with Crippen molar-refractivity contribution in [3.05, 3.63) is 59.5 Å². The van der Waals surface area contributed by atoms with Crippen molar-refractivity contribution in [2.75, 3.05) is 11.9 Å². The molecule has 4 heteroatoms. The molecule has 0 bridgehead atoms. The van der Waals surface area contributed by atoms with Gasteiger partial charge < -0.3 is 10.6 Å². The molecule has 0 unspecified atom stereocenters. The summed E-state index contributed by atoms with van der Waals surface area (Å²) in [6.45, 7) is 2.40. The van der Waals surface area contributed by atoms with Crippen LogP contribution in [-0.4, -0.2) is 12.0 Å². The Labute approximate surface area is 112 Å². The monoisotopic (exact) mass is 259 g/mol. The zero-order valence-corrected chi connectivity index (χ0v) is 11.2. The molecule has 0 saturated heterocycles. The first-order valence-corrected chi connectivity index (χ1v) is 6.24. The van der Waals surface area contributed by atoms with Gasteiger partial charge in [-0.05, 0) is 24.6 Å². The molecule has 19 heavy (non-hydrogen) atoms. The number of halogens is 1. The lowest BCUT2D eigenvalue weighted by atomic mass is 10.1. The van der Waals surface area contributed by atoms with E-state index in [1.165, 1.54) is 6.07 Å². The van der Waals surface area contributed by atoms with Crippen LogP contribution in [0.1, 0.15) is 24.1 Å². The van der Waals surface area contributed by atoms with Crippen molar-refractivity contribution in [1.82, 2.24) is 4.98 Å². The Balaban J connectivity index is 2.12. The SMILES string of the molecule is C[C@@H](N)c1ccc(N(C)Cc2ccccc2F)nc1. The lowest BCUT2D eigenvalue weighted by Crippen LogP contribution is -2.18. The number of nitrogens with zero attached hydrogens (tertiary/aromatic N) is 2. The van der Waals surface area contributed by atoms with E-state index < -0.39 is 0 Å². The quantitative estimate of drug-likeness (QED) is 0.918. The molecular weight excluding hydrogens is 241 g/mol. The number of rotatable bonds is 4. The largest absolute Gasteiger partial charge is 0.355 e. The Kier molecular flexibility index (Phi) is 4.12. The average molecular weight is 259 g/mol. The topological polar surface area (TPSA) is 42.1 Å². The first-order chi connectivity index (χ1) is 9.08. The summed E-state index contributed by atoms with van der Waals surface area (Å²) >= 11 is 0. The van der Waals surface area contributed by atoms with Crippen LogP contribution >= 0.6 is 0 Å². The van der Waals surface area contributed by atoms with E-state index in [1.54, 1.807) is 18.3 Å². The van der Waals surface area contributed by atoms with Crippen LogP contribution < -0.4 is 10.6 Å². The minimum absolute atomic E-state index is 0.0292. The molecule has 2 N–H and O–H groups in total. The maximum absolute atomic E-state index is 13.6. The second-order valence-electron chi connectivity index (χ2n) is 4.69. The number of aromatic nitrogens is 1. The Morgan fingerprint density at radius 3 is 2.58 bits per heavy atom. The van der Waals surface area contributed by atoms with Crippen LogP contribution in [0, 0.1) is 5.82 Å². The minimum atomic E-state index is -0.193. The molecule has 0 radical (unpaired) electrons. The van der Waals surface area contributed by atoms with Gasteiger partial charge in [0.15, 0.2) is 0 Å². The second kappa shape index (κ2) is 5.80. The van der Waals surface area contributed by atoms with Gasteiger partial charge in [0.25, 0.3) is 0 Å². The van der Waals surface area contributed by atoms with Crippen molar-refractivity contribution in [2.24, 2.45) is 5.73 Å². The molecule has 0 aliphatic carbocycles. The third-order valence-electron chi connectivity index (χ3n) is 3.05. The molecule has 2 aromatic rings. The van der Waals surface area contributed by atoms with E-state index in [0.29, 0.717) is 12.1 Å². The molecule has 0 fully saturated rings. The average Bonchev–Trinajstić information content (AvgIpc) is 2.41. The number of pyridine rings is 1. The fourth-order valence-corrected chi connectivity index (χ4v) is 1.86. The molecule has 1 heterocycles. The summed E-state index contributed by atoms with van der Waals surface area (Å²) in [6.07, 6.45) is 1.76. The molecule has 1 atom stereocenters. The van der Waals surface area contributed by atoms with E-state index in [-0.39, 0.29) is 11.9 Å². The summed E-state index contributed by atoms with van der Waals surface area (Å²) in [5.41, 5.74) is 7.42. The fourth-order valence-electron chi connectivity index (χ4n) is 1.86. The zero-order valence-electron chi connectivity index (χ0n) is 11.2. The molecule has 3 nitrogen and oxygen atoms in total. The van der Waals surface area contributed by atoms with Crippen LogP contribution in [0.4, 0.5) is 10.2 Å². The van der Waals surface area contributed by atoms with E-state index >= 15 is 0 Å². The van der Waals surface area contributed by atoms with E-state index in [0.717, 1.165) is 11.4 Å². The van der Waals surface area contributed by atoms with Crippen molar-refractivity contribution >= 4 is 5.82 Å². The summed E-state index contributed by atoms with van der Waals surface area (Å²) < 4.78 is 13.6. The highest BCUT2D eigenvalue weighted by atomic mass is 19.1. The second-order valence-corrected chi connectivity index (χ2v) is 4.69. The maximum Gasteiger partial charge on any atom is 0.128 e. The van der Waals surface area contributed by atoms with Gasteiger partial charge in [0.05, 0.1) is 0 Å². The lowest BCUT2D eigenvalue weighted by Gasteiger charge is -2.19. The van der Waals surface area contributed by atoms with Crippen LogP contribution in [0.15, 0.2) is 42.6 Å². The van der Waals surface area contributed by atoms with E-state index in [1.807, 2.05) is 37.1 Å². The van der Waals surface area contributed by atoms with Gasteiger partial charge in [0.2, 0.25) is 0 Å². The summed E-state index contributed by atoms with van der Waals surface area (Å²) in [5, 5.41) is 0. The third-order valence-corrected chi connectivity index (χ3v) is 3.05. The van der Waals surface area contributed by atoms with Gasteiger partial charge in [-0.25, -0.2) is 9.37 Å². The van der Waals surface area contributed by atoms with Crippen LogP contribution in [0.5, 0.6) is 0 Å². The van der Waals surface area contributed by atoms with Crippen molar-refractivity contribution in [1.29, 1.82) is 0 Å². The van der Waals surface area contributed by atoms with Gasteiger partial charge in [0, 0.05) is 31.4 Å². The van der Waals surface area contributed by atoms with Gasteiger partial charge >= 0.3 is 0 Å². The molecule has 0 amide bonds. The van der Waals surface area contributed by atoms with Crippen molar-refractivity contribution in [3.63, 3.8) is 0 Å². The molecule has 0 aliphatic heterocycles. The lowest BCUT2D eigenvalue weighted by molar-refractivity contribution is 0.607. The fraction of sp³-hybridized carbons (Fsp3) is 0.267. The predicted molar refractivity (Wildman–Crippen MR) is 75.3 cm³/mol. The molecule has 0 saturated carbocycles. The number of hydrogen-bond donors (Lipinski definition) is 1. The predicted octanol–water partition coefficient (Wildman–Crippen LogP) is 2.88. The molecular formula is C15H18FN3. The van der Waals surface area contributed by atoms with E-state index in [4.69, 9.17) is 5.73 Å². The molecule has 1 aromatic heterocycles. The number of hydrogen-bond acceptors (Lipinski definition) is 3. The molecule has 0 aliphatic rings. The van der Waals surface area contributed by atoms with Crippen LogP contribution in [0.25, 0.3) is 0 Å². The van der Waals surface area contributed by atoms with Gasteiger partial charge in [-0.15, -0.1) is 0 Å². The third kappa shape index (κ3) is 3.29. The molecule has 100 valence electrons. The molecule has 0 spiro atoms. The first-order valence-electron chi connectivity index (χ1n) is 6.24. The number of nitrogens with two attached hydrogens (primary N) is 1. The Bertz CT molecular complexity index is 537. The molecule has 1 aromatic carbocycles. The van der Waals surface area contributed by atoms with Crippen LogP contribution in [0.3, 0.4) is 0 Å². The highest BCUT2D eigenvalue weighted by Crippen LogP contribution is 2.16. The van der Waals surface area contributed by atoms with Crippen LogP contribution in [-0.2, 0) is 6.54 Å². The summed E-state index contributed by atoms with van der Waals surface area (Å²) in [7, 11) is 1.89. The number of benzene rings is 1. The summed E-state index contributed by atoms with van der Waals surface area (Å²) in [5.74, 6) is 0.606. The Morgan fingerprint density at radius 1 is 1.26 bits per heavy atom. The summed E-state index contributed by atoms with van der Waals surface area (Å²) in [4.78, 5) is 6.26. The summed E-state index contributed by atoms with van der Waals surface area (Å²) in [6, 6.07) is 10.6. The normalized spacial score (nSPS) is 12.2. The highest BCUT2D eigenvalue weighted by molar-refractivity contribution is 5.40. The van der Waals surface area contributed by atoms with Gasteiger partial charge in [-0.1, -0.05) is 24.3 Å². The van der Waals surface area contributed by atoms with Gasteiger partial charge in [-0.2, -0.15) is 0 Å². The Hall–Kier alpha value is -1.94. The first kappa shape index (κ1) is 13.5.